The lowest BCUT2D eigenvalue weighted by Gasteiger charge is -2.25. The van der Waals surface area contributed by atoms with E-state index in [2.05, 4.69) is 10.6 Å². The summed E-state index contributed by atoms with van der Waals surface area (Å²) in [5.41, 5.74) is 10.5. The van der Waals surface area contributed by atoms with Gasteiger partial charge in [-0.2, -0.15) is 11.8 Å². The zero-order chi connectivity index (χ0) is 12.0. The normalized spacial score (nSPS) is 26.6. The molecule has 1 saturated heterocycles. The highest BCUT2D eigenvalue weighted by molar-refractivity contribution is 7.99. The lowest BCUT2D eigenvalue weighted by atomic mass is 10.2. The fraction of sp³-hybridized carbons (Fsp3) is 0.778. The van der Waals surface area contributed by atoms with Crippen LogP contribution < -0.4 is 22.1 Å². The van der Waals surface area contributed by atoms with Crippen LogP contribution in [0.3, 0.4) is 0 Å². The molecule has 1 aliphatic rings. The van der Waals surface area contributed by atoms with Gasteiger partial charge in [0.25, 0.3) is 0 Å². The van der Waals surface area contributed by atoms with Gasteiger partial charge in [-0.3, -0.25) is 9.59 Å². The molecule has 2 unspecified atom stereocenters. The first-order valence-electron chi connectivity index (χ1n) is 5.23. The molecule has 1 fully saturated rings. The second-order valence-corrected chi connectivity index (χ2v) is 4.85. The fourth-order valence-electron chi connectivity index (χ4n) is 1.46. The zero-order valence-electron chi connectivity index (χ0n) is 9.07. The molecule has 0 aliphatic carbocycles. The number of hydrogen-bond donors (Lipinski definition) is 4. The largest absolute Gasteiger partial charge is 0.368 e. The van der Waals surface area contributed by atoms with Gasteiger partial charge < -0.3 is 22.1 Å². The number of hydrogen-bond acceptors (Lipinski definition) is 5. The highest BCUT2D eigenvalue weighted by Gasteiger charge is 2.20. The number of carbonyl (C=O) groups is 2. The molecule has 92 valence electrons. The Morgan fingerprint density at radius 1 is 1.50 bits per heavy atom. The maximum Gasteiger partial charge on any atom is 0.235 e. The van der Waals surface area contributed by atoms with Crippen molar-refractivity contribution in [1.82, 2.24) is 10.6 Å². The van der Waals surface area contributed by atoms with Gasteiger partial charge in [-0.25, -0.2) is 0 Å². The average molecular weight is 246 g/mol. The molecule has 0 radical (unpaired) electrons. The van der Waals surface area contributed by atoms with Crippen LogP contribution >= 0.6 is 11.8 Å². The van der Waals surface area contributed by atoms with E-state index in [0.29, 0.717) is 12.3 Å². The molecule has 1 heterocycles. The highest BCUT2D eigenvalue weighted by atomic mass is 32.2. The van der Waals surface area contributed by atoms with Crippen LogP contribution in [0, 0.1) is 0 Å². The standard InChI is InChI=1S/C9H18N4O2S/c10-3-8(14)13-6-1-2-16-5-7(9(11)15)12-4-6/h6-7,12H,1-5,10H2,(H2,11,15)(H,13,14). The molecule has 0 saturated carbocycles. The molecule has 7 heteroatoms. The lowest BCUT2D eigenvalue weighted by Crippen LogP contribution is -2.52. The van der Waals surface area contributed by atoms with Crippen LogP contribution in [0.1, 0.15) is 6.42 Å². The first-order valence-corrected chi connectivity index (χ1v) is 6.39. The molecular weight excluding hydrogens is 228 g/mol. The zero-order valence-corrected chi connectivity index (χ0v) is 9.89. The van der Waals surface area contributed by atoms with E-state index in [1.807, 2.05) is 0 Å². The van der Waals surface area contributed by atoms with E-state index in [4.69, 9.17) is 11.5 Å². The minimum absolute atomic E-state index is 0.0110. The molecule has 0 spiro atoms. The van der Waals surface area contributed by atoms with Gasteiger partial charge in [0, 0.05) is 18.3 Å². The van der Waals surface area contributed by atoms with Crippen LogP contribution in [0.4, 0.5) is 0 Å². The number of primary amides is 1. The van der Waals surface area contributed by atoms with E-state index >= 15 is 0 Å². The molecule has 2 amide bonds. The number of amides is 2. The number of nitrogens with one attached hydrogen (secondary N) is 2. The van der Waals surface area contributed by atoms with E-state index < -0.39 is 0 Å². The first-order chi connectivity index (χ1) is 7.63. The van der Waals surface area contributed by atoms with E-state index in [0.717, 1.165) is 12.2 Å². The van der Waals surface area contributed by atoms with Gasteiger partial charge in [0.05, 0.1) is 12.6 Å². The van der Waals surface area contributed by atoms with E-state index in [-0.39, 0.29) is 30.4 Å². The van der Waals surface area contributed by atoms with Gasteiger partial charge in [0.1, 0.15) is 0 Å². The number of carbonyl (C=O) groups excluding carboxylic acids is 2. The van der Waals surface area contributed by atoms with Crippen molar-refractivity contribution >= 4 is 23.6 Å². The van der Waals surface area contributed by atoms with Crippen LogP contribution in [0.5, 0.6) is 0 Å². The summed E-state index contributed by atoms with van der Waals surface area (Å²) < 4.78 is 0. The third-order valence-electron chi connectivity index (χ3n) is 2.40. The van der Waals surface area contributed by atoms with E-state index in [9.17, 15) is 9.59 Å². The Morgan fingerprint density at radius 2 is 2.25 bits per heavy atom. The second kappa shape index (κ2) is 6.72. The molecule has 6 nitrogen and oxygen atoms in total. The van der Waals surface area contributed by atoms with Crippen molar-refractivity contribution in [3.63, 3.8) is 0 Å². The average Bonchev–Trinajstić information content (AvgIpc) is 2.21. The molecule has 0 aromatic rings. The first kappa shape index (κ1) is 13.3. The maximum atomic E-state index is 11.1. The number of rotatable bonds is 3. The Morgan fingerprint density at radius 3 is 2.88 bits per heavy atom. The summed E-state index contributed by atoms with van der Waals surface area (Å²) >= 11 is 1.66. The SMILES string of the molecule is NCC(=O)NC1CCSCC(C(N)=O)NC1. The van der Waals surface area contributed by atoms with Crippen molar-refractivity contribution in [3.05, 3.63) is 0 Å². The third-order valence-corrected chi connectivity index (χ3v) is 3.49. The molecule has 1 rings (SSSR count). The highest BCUT2D eigenvalue weighted by Crippen LogP contribution is 2.10. The Kier molecular flexibility index (Phi) is 5.58. The monoisotopic (exact) mass is 246 g/mol. The molecule has 1 aliphatic heterocycles. The van der Waals surface area contributed by atoms with Crippen LogP contribution in [-0.2, 0) is 9.59 Å². The van der Waals surface area contributed by atoms with Crippen molar-refractivity contribution in [1.29, 1.82) is 0 Å². The third kappa shape index (κ3) is 4.38. The van der Waals surface area contributed by atoms with Crippen molar-refractivity contribution in [2.24, 2.45) is 11.5 Å². The molecular formula is C9H18N4O2S. The Hall–Kier alpha value is -0.790. The van der Waals surface area contributed by atoms with Gasteiger partial charge in [0.15, 0.2) is 0 Å². The maximum absolute atomic E-state index is 11.1. The van der Waals surface area contributed by atoms with Crippen molar-refractivity contribution < 1.29 is 9.59 Å². The van der Waals surface area contributed by atoms with Crippen LogP contribution in [-0.4, -0.2) is 48.5 Å². The van der Waals surface area contributed by atoms with Crippen LogP contribution in [0.2, 0.25) is 0 Å². The smallest absolute Gasteiger partial charge is 0.235 e. The molecule has 0 bridgehead atoms. The molecule has 0 aromatic heterocycles. The molecule has 0 aromatic carbocycles. The number of nitrogens with two attached hydrogens (primary N) is 2. The summed E-state index contributed by atoms with van der Waals surface area (Å²) in [6.45, 7) is 0.544. The molecule has 16 heavy (non-hydrogen) atoms. The summed E-state index contributed by atoms with van der Waals surface area (Å²) in [6, 6.07) is -0.298. The Bertz CT molecular complexity index is 262. The van der Waals surface area contributed by atoms with Gasteiger partial charge in [-0.05, 0) is 12.2 Å². The van der Waals surface area contributed by atoms with Crippen molar-refractivity contribution in [2.45, 2.75) is 18.5 Å². The van der Waals surface area contributed by atoms with E-state index in [1.165, 1.54) is 0 Å². The summed E-state index contributed by atoms with van der Waals surface area (Å²) in [5.74, 6) is 1.07. The number of thioether (sulfide) groups is 1. The van der Waals surface area contributed by atoms with Crippen LogP contribution in [0.15, 0.2) is 0 Å². The second-order valence-electron chi connectivity index (χ2n) is 3.70. The van der Waals surface area contributed by atoms with Gasteiger partial charge in [0.2, 0.25) is 11.8 Å². The van der Waals surface area contributed by atoms with Gasteiger partial charge in [-0.15, -0.1) is 0 Å². The molecule has 2 atom stereocenters. The lowest BCUT2D eigenvalue weighted by molar-refractivity contribution is -0.120. The van der Waals surface area contributed by atoms with Crippen molar-refractivity contribution in [2.75, 3.05) is 24.6 Å². The quantitative estimate of drug-likeness (QED) is 0.461. The minimum atomic E-state index is -0.349. The topological polar surface area (TPSA) is 110 Å². The van der Waals surface area contributed by atoms with Crippen molar-refractivity contribution in [3.8, 4) is 0 Å². The van der Waals surface area contributed by atoms with Crippen LogP contribution in [0.25, 0.3) is 0 Å². The van der Waals surface area contributed by atoms with E-state index in [1.54, 1.807) is 11.8 Å². The summed E-state index contributed by atoms with van der Waals surface area (Å²) in [7, 11) is 0. The Labute approximate surface area is 98.9 Å². The summed E-state index contributed by atoms with van der Waals surface area (Å²) in [5, 5.41) is 5.85. The Balaban J connectivity index is 2.43. The predicted octanol–water partition coefficient (Wildman–Crippen LogP) is -1.99. The molecule has 6 N–H and O–H groups in total. The van der Waals surface area contributed by atoms with Gasteiger partial charge in [-0.1, -0.05) is 0 Å². The predicted molar refractivity (Wildman–Crippen MR) is 63.9 cm³/mol. The fourth-order valence-corrected chi connectivity index (χ4v) is 2.60. The minimum Gasteiger partial charge on any atom is -0.368 e. The summed E-state index contributed by atoms with van der Waals surface area (Å²) in [4.78, 5) is 22.2. The van der Waals surface area contributed by atoms with Gasteiger partial charge >= 0.3 is 0 Å². The summed E-state index contributed by atoms with van der Waals surface area (Å²) in [6.07, 6.45) is 0.870.